The van der Waals surface area contributed by atoms with Crippen LogP contribution in [0.4, 0.5) is 0 Å². The van der Waals surface area contributed by atoms with Crippen molar-refractivity contribution in [3.63, 3.8) is 0 Å². The van der Waals surface area contributed by atoms with Crippen LogP contribution in [-0.4, -0.2) is 25.6 Å². The Labute approximate surface area is 96.3 Å². The van der Waals surface area contributed by atoms with Crippen molar-refractivity contribution in [1.82, 2.24) is 10.6 Å². The Hall–Kier alpha value is -1.77. The van der Waals surface area contributed by atoms with Gasteiger partial charge in [-0.3, -0.25) is 4.99 Å². The summed E-state index contributed by atoms with van der Waals surface area (Å²) in [5, 5.41) is 6.48. The lowest BCUT2D eigenvalue weighted by Gasteiger charge is -2.16. The third-order valence-electron chi connectivity index (χ3n) is 2.55. The highest BCUT2D eigenvalue weighted by atomic mass is 15.2. The highest BCUT2D eigenvalue weighted by Crippen LogP contribution is 2.09. The van der Waals surface area contributed by atoms with Gasteiger partial charge in [0.15, 0.2) is 5.96 Å². The number of hydrogen-bond acceptors (Lipinski definition) is 3. The van der Waals surface area contributed by atoms with Gasteiger partial charge in [0.25, 0.3) is 0 Å². The summed E-state index contributed by atoms with van der Waals surface area (Å²) in [5.74, 6) is 0.892. The summed E-state index contributed by atoms with van der Waals surface area (Å²) in [6.45, 7) is 6.71. The predicted octanol–water partition coefficient (Wildman–Crippen LogP) is 1.64. The molecule has 1 aliphatic heterocycles. The Kier molecular flexibility index (Phi) is 3.59. The molecule has 2 rings (SSSR count). The zero-order valence-corrected chi connectivity index (χ0v) is 9.37. The van der Waals surface area contributed by atoms with Crippen LogP contribution in [0.5, 0.6) is 0 Å². The van der Waals surface area contributed by atoms with Crippen molar-refractivity contribution in [2.24, 2.45) is 4.99 Å². The smallest absolute Gasteiger partial charge is 0.191 e. The van der Waals surface area contributed by atoms with Gasteiger partial charge in [-0.25, -0.2) is 0 Å². The average Bonchev–Trinajstić information content (AvgIpc) is 2.38. The number of rotatable bonds is 3. The monoisotopic (exact) mass is 215 g/mol. The molecule has 0 aliphatic carbocycles. The molecule has 0 saturated heterocycles. The fourth-order valence-electron chi connectivity index (χ4n) is 1.62. The largest absolute Gasteiger partial charge is 0.356 e. The minimum atomic E-state index is 0.732. The van der Waals surface area contributed by atoms with Crippen LogP contribution in [0.2, 0.25) is 0 Å². The topological polar surface area (TPSA) is 36.4 Å². The zero-order valence-electron chi connectivity index (χ0n) is 9.37. The highest BCUT2D eigenvalue weighted by molar-refractivity contribution is 5.82. The molecule has 16 heavy (non-hydrogen) atoms. The van der Waals surface area contributed by atoms with Crippen molar-refractivity contribution in [1.29, 1.82) is 0 Å². The van der Waals surface area contributed by atoms with E-state index in [0.717, 1.165) is 37.6 Å². The summed E-state index contributed by atoms with van der Waals surface area (Å²) in [4.78, 5) is 4.35. The molecule has 1 aromatic carbocycles. The molecule has 84 valence electrons. The average molecular weight is 215 g/mol. The molecule has 0 saturated carbocycles. The minimum absolute atomic E-state index is 0.732. The van der Waals surface area contributed by atoms with Crippen molar-refractivity contribution < 1.29 is 0 Å². The molecule has 0 fully saturated rings. The maximum absolute atomic E-state index is 4.35. The molecule has 1 aliphatic rings. The van der Waals surface area contributed by atoms with Gasteiger partial charge in [-0.1, -0.05) is 36.9 Å². The van der Waals surface area contributed by atoms with E-state index in [1.807, 2.05) is 18.2 Å². The highest BCUT2D eigenvalue weighted by Gasteiger charge is 2.03. The first kappa shape index (κ1) is 10.7. The number of nitrogens with one attached hydrogen (secondary N) is 2. The second kappa shape index (κ2) is 5.35. The molecule has 0 spiro atoms. The standard InChI is InChI=1S/C13H17N3/c1-11(12-6-3-2-4-7-12)10-16-13-14-8-5-9-15-13/h2-4,6-7H,1,5,8-10H2,(H2,14,15,16). The summed E-state index contributed by atoms with van der Waals surface area (Å²) in [5.41, 5.74) is 2.25. The lowest BCUT2D eigenvalue weighted by Crippen LogP contribution is -2.41. The molecule has 0 amide bonds. The number of guanidine groups is 1. The van der Waals surface area contributed by atoms with Crippen LogP contribution in [0.25, 0.3) is 5.57 Å². The second-order valence-electron chi connectivity index (χ2n) is 3.83. The Morgan fingerprint density at radius 1 is 1.38 bits per heavy atom. The van der Waals surface area contributed by atoms with Crippen molar-refractivity contribution in [3.05, 3.63) is 42.5 Å². The lowest BCUT2D eigenvalue weighted by molar-refractivity contribution is 0.714. The maximum Gasteiger partial charge on any atom is 0.191 e. The van der Waals surface area contributed by atoms with Crippen molar-refractivity contribution >= 4 is 11.5 Å². The number of nitrogens with zero attached hydrogens (tertiary/aromatic N) is 1. The summed E-state index contributed by atoms with van der Waals surface area (Å²) < 4.78 is 0. The van der Waals surface area contributed by atoms with E-state index in [9.17, 15) is 0 Å². The van der Waals surface area contributed by atoms with Crippen molar-refractivity contribution in [3.8, 4) is 0 Å². The Bertz CT molecular complexity index is 381. The number of aliphatic imine (C=N–C) groups is 1. The van der Waals surface area contributed by atoms with Gasteiger partial charge in [0.05, 0.1) is 0 Å². The molecule has 0 radical (unpaired) electrons. The first-order chi connectivity index (χ1) is 7.86. The molecule has 1 aromatic rings. The maximum atomic E-state index is 4.35. The summed E-state index contributed by atoms with van der Waals surface area (Å²) in [6, 6.07) is 10.2. The van der Waals surface area contributed by atoms with Gasteiger partial charge in [0.1, 0.15) is 0 Å². The van der Waals surface area contributed by atoms with E-state index in [2.05, 4.69) is 34.3 Å². The minimum Gasteiger partial charge on any atom is -0.356 e. The molecule has 3 nitrogen and oxygen atoms in total. The van der Waals surface area contributed by atoms with Crippen molar-refractivity contribution in [2.75, 3.05) is 19.6 Å². The summed E-state index contributed by atoms with van der Waals surface area (Å²) in [7, 11) is 0. The predicted molar refractivity (Wildman–Crippen MR) is 68.4 cm³/mol. The van der Waals surface area contributed by atoms with Crippen LogP contribution in [0.15, 0.2) is 41.9 Å². The van der Waals surface area contributed by atoms with Crippen LogP contribution in [0.3, 0.4) is 0 Å². The van der Waals surface area contributed by atoms with Crippen LogP contribution < -0.4 is 10.6 Å². The van der Waals surface area contributed by atoms with E-state index in [0.29, 0.717) is 0 Å². The molecule has 3 heteroatoms. The van der Waals surface area contributed by atoms with E-state index in [4.69, 9.17) is 0 Å². The normalized spacial score (nSPS) is 14.9. The van der Waals surface area contributed by atoms with Crippen LogP contribution in [0, 0.1) is 0 Å². The molecule has 1 heterocycles. The van der Waals surface area contributed by atoms with E-state index in [-0.39, 0.29) is 0 Å². The fraction of sp³-hybridized carbons (Fsp3) is 0.308. The first-order valence-electron chi connectivity index (χ1n) is 5.61. The van der Waals surface area contributed by atoms with Gasteiger partial charge in [-0.2, -0.15) is 0 Å². The van der Waals surface area contributed by atoms with Gasteiger partial charge < -0.3 is 10.6 Å². The van der Waals surface area contributed by atoms with E-state index >= 15 is 0 Å². The van der Waals surface area contributed by atoms with E-state index < -0.39 is 0 Å². The van der Waals surface area contributed by atoms with Crippen LogP contribution in [-0.2, 0) is 0 Å². The summed E-state index contributed by atoms with van der Waals surface area (Å²) >= 11 is 0. The quantitative estimate of drug-likeness (QED) is 0.804. The number of benzene rings is 1. The molecular weight excluding hydrogens is 198 g/mol. The molecule has 0 aromatic heterocycles. The van der Waals surface area contributed by atoms with E-state index in [1.165, 1.54) is 5.56 Å². The van der Waals surface area contributed by atoms with Crippen molar-refractivity contribution in [2.45, 2.75) is 6.42 Å². The van der Waals surface area contributed by atoms with E-state index in [1.54, 1.807) is 0 Å². The molecule has 0 atom stereocenters. The molecular formula is C13H17N3. The SMILES string of the molecule is C=C(CNC1=NCCCN1)c1ccccc1. The number of hydrogen-bond donors (Lipinski definition) is 2. The zero-order chi connectivity index (χ0) is 11.2. The molecule has 2 N–H and O–H groups in total. The van der Waals surface area contributed by atoms with Gasteiger partial charge >= 0.3 is 0 Å². The third kappa shape index (κ3) is 2.86. The second-order valence-corrected chi connectivity index (χ2v) is 3.83. The Balaban J connectivity index is 1.86. The lowest BCUT2D eigenvalue weighted by atomic mass is 10.1. The van der Waals surface area contributed by atoms with Crippen LogP contribution >= 0.6 is 0 Å². The van der Waals surface area contributed by atoms with Crippen LogP contribution in [0.1, 0.15) is 12.0 Å². The first-order valence-corrected chi connectivity index (χ1v) is 5.61. The third-order valence-corrected chi connectivity index (χ3v) is 2.55. The Morgan fingerprint density at radius 3 is 2.88 bits per heavy atom. The van der Waals surface area contributed by atoms with Gasteiger partial charge in [0, 0.05) is 19.6 Å². The van der Waals surface area contributed by atoms with Gasteiger partial charge in [-0.15, -0.1) is 0 Å². The fourth-order valence-corrected chi connectivity index (χ4v) is 1.62. The molecule has 0 bridgehead atoms. The Morgan fingerprint density at radius 2 is 2.19 bits per heavy atom. The van der Waals surface area contributed by atoms with Gasteiger partial charge in [-0.05, 0) is 17.6 Å². The molecule has 0 unspecified atom stereocenters. The summed E-state index contributed by atoms with van der Waals surface area (Å²) in [6.07, 6.45) is 1.12. The van der Waals surface area contributed by atoms with Gasteiger partial charge in [0.2, 0.25) is 0 Å².